The zero-order valence-electron chi connectivity index (χ0n) is 12.8. The van der Waals surface area contributed by atoms with Crippen LogP contribution >= 0.6 is 0 Å². The maximum atomic E-state index is 12.3. The van der Waals surface area contributed by atoms with Gasteiger partial charge in [0.15, 0.2) is 0 Å². The molecule has 0 fully saturated rings. The first kappa shape index (κ1) is 13.7. The number of hydrogen-bond donors (Lipinski definition) is 1. The van der Waals surface area contributed by atoms with Crippen molar-refractivity contribution in [1.82, 2.24) is 5.16 Å². The Morgan fingerprint density at radius 2 is 1.95 bits per heavy atom. The predicted octanol–water partition coefficient (Wildman–Crippen LogP) is 2.87. The van der Waals surface area contributed by atoms with Crippen molar-refractivity contribution in [3.8, 4) is 0 Å². The maximum Gasteiger partial charge on any atom is 0.246 e. The number of benzene rings is 1. The fraction of sp³-hybridized carbons (Fsp3) is 0.375. The lowest BCUT2D eigenvalue weighted by Crippen LogP contribution is -2.39. The first-order valence-electron chi connectivity index (χ1n) is 7.04. The summed E-state index contributed by atoms with van der Waals surface area (Å²) in [5, 5.41) is 7.15. The van der Waals surface area contributed by atoms with Crippen LogP contribution in [0.15, 0.2) is 16.7 Å². The second-order valence-corrected chi connectivity index (χ2v) is 5.59. The van der Waals surface area contributed by atoms with Crippen molar-refractivity contribution in [2.45, 2.75) is 34.2 Å². The van der Waals surface area contributed by atoms with Gasteiger partial charge in [0.05, 0.1) is 30.2 Å². The number of amides is 1. The topological polar surface area (TPSA) is 58.4 Å². The quantitative estimate of drug-likeness (QED) is 0.921. The van der Waals surface area contributed by atoms with Gasteiger partial charge in [-0.25, -0.2) is 0 Å². The van der Waals surface area contributed by atoms with Crippen LogP contribution in [-0.2, 0) is 11.3 Å². The number of anilines is 2. The van der Waals surface area contributed by atoms with Crippen LogP contribution in [0.3, 0.4) is 0 Å². The van der Waals surface area contributed by atoms with Crippen molar-refractivity contribution in [2.75, 3.05) is 16.8 Å². The summed E-state index contributed by atoms with van der Waals surface area (Å²) in [6.07, 6.45) is 0. The average molecular weight is 285 g/mol. The summed E-state index contributed by atoms with van der Waals surface area (Å²) in [6.45, 7) is 8.73. The minimum Gasteiger partial charge on any atom is -0.374 e. The van der Waals surface area contributed by atoms with Crippen LogP contribution in [0.4, 0.5) is 11.4 Å². The highest BCUT2D eigenvalue weighted by Crippen LogP contribution is 2.34. The van der Waals surface area contributed by atoms with Gasteiger partial charge in [0.25, 0.3) is 0 Å². The Bertz CT molecular complexity index is 699. The minimum atomic E-state index is 0.0609. The van der Waals surface area contributed by atoms with Crippen LogP contribution in [0.2, 0.25) is 0 Å². The number of fused-ring (bicyclic) bond motifs is 1. The Kier molecular flexibility index (Phi) is 3.20. The molecule has 5 heteroatoms. The fourth-order valence-corrected chi connectivity index (χ4v) is 2.63. The third kappa shape index (κ3) is 2.28. The number of carbonyl (C=O) groups excluding carboxylic acids is 1. The van der Waals surface area contributed by atoms with E-state index in [0.717, 1.165) is 28.4 Å². The van der Waals surface area contributed by atoms with E-state index in [1.807, 2.05) is 18.7 Å². The summed E-state index contributed by atoms with van der Waals surface area (Å²) < 4.78 is 5.20. The van der Waals surface area contributed by atoms with E-state index in [4.69, 9.17) is 4.52 Å². The van der Waals surface area contributed by atoms with Crippen LogP contribution < -0.4 is 10.2 Å². The standard InChI is InChI=1S/C16H19N3O2/c1-9-5-14-15(6-10(9)2)19(16(20)7-17-14)8-13-11(3)18-21-12(13)4/h5-6,17H,7-8H2,1-4H3. The number of nitrogens with one attached hydrogen (secondary N) is 1. The highest BCUT2D eigenvalue weighted by Gasteiger charge is 2.26. The Morgan fingerprint density at radius 1 is 1.24 bits per heavy atom. The van der Waals surface area contributed by atoms with Gasteiger partial charge in [-0.1, -0.05) is 5.16 Å². The van der Waals surface area contributed by atoms with Crippen LogP contribution in [-0.4, -0.2) is 17.6 Å². The summed E-state index contributed by atoms with van der Waals surface area (Å²) in [6, 6.07) is 4.16. The number of aryl methyl sites for hydroxylation is 4. The first-order chi connectivity index (χ1) is 9.97. The minimum absolute atomic E-state index is 0.0609. The second-order valence-electron chi connectivity index (χ2n) is 5.59. The van der Waals surface area contributed by atoms with E-state index in [1.165, 1.54) is 11.1 Å². The molecule has 1 N–H and O–H groups in total. The van der Waals surface area contributed by atoms with Gasteiger partial charge in [-0.2, -0.15) is 0 Å². The van der Waals surface area contributed by atoms with Gasteiger partial charge in [-0.15, -0.1) is 0 Å². The molecule has 0 radical (unpaired) electrons. The van der Waals surface area contributed by atoms with E-state index in [1.54, 1.807) is 0 Å². The molecule has 0 aliphatic carbocycles. The molecule has 5 nitrogen and oxygen atoms in total. The second kappa shape index (κ2) is 4.91. The monoisotopic (exact) mass is 285 g/mol. The molecular formula is C16H19N3O2. The van der Waals surface area contributed by atoms with Crippen LogP contribution in [0.1, 0.15) is 28.1 Å². The molecule has 110 valence electrons. The van der Waals surface area contributed by atoms with E-state index >= 15 is 0 Å². The number of nitrogens with zero attached hydrogens (tertiary/aromatic N) is 2. The van der Waals surface area contributed by atoms with E-state index in [-0.39, 0.29) is 5.91 Å². The molecule has 0 unspecified atom stereocenters. The van der Waals surface area contributed by atoms with Gasteiger partial charge in [-0.3, -0.25) is 4.79 Å². The molecular weight excluding hydrogens is 266 g/mol. The molecule has 0 atom stereocenters. The Balaban J connectivity index is 2.03. The molecule has 21 heavy (non-hydrogen) atoms. The van der Waals surface area contributed by atoms with Gasteiger partial charge in [-0.05, 0) is 51.0 Å². The van der Waals surface area contributed by atoms with E-state index in [9.17, 15) is 4.79 Å². The molecule has 0 spiro atoms. The van der Waals surface area contributed by atoms with Crippen molar-refractivity contribution in [1.29, 1.82) is 0 Å². The molecule has 3 rings (SSSR count). The van der Waals surface area contributed by atoms with Gasteiger partial charge < -0.3 is 14.7 Å². The third-order valence-electron chi connectivity index (χ3n) is 4.13. The summed E-state index contributed by atoms with van der Waals surface area (Å²) in [5.41, 5.74) is 6.14. The summed E-state index contributed by atoms with van der Waals surface area (Å²) >= 11 is 0. The lowest BCUT2D eigenvalue weighted by atomic mass is 10.0. The van der Waals surface area contributed by atoms with Crippen LogP contribution in [0, 0.1) is 27.7 Å². The smallest absolute Gasteiger partial charge is 0.246 e. The maximum absolute atomic E-state index is 12.3. The largest absolute Gasteiger partial charge is 0.374 e. The van der Waals surface area contributed by atoms with Gasteiger partial charge >= 0.3 is 0 Å². The number of hydrogen-bond acceptors (Lipinski definition) is 4. The Labute approximate surface area is 123 Å². The number of rotatable bonds is 2. The van der Waals surface area contributed by atoms with Gasteiger partial charge in [0, 0.05) is 5.56 Å². The summed E-state index contributed by atoms with van der Waals surface area (Å²) in [5.74, 6) is 0.829. The normalized spacial score (nSPS) is 14.1. The van der Waals surface area contributed by atoms with Crippen molar-refractivity contribution < 1.29 is 9.32 Å². The Morgan fingerprint density at radius 3 is 2.62 bits per heavy atom. The van der Waals surface area contributed by atoms with Crippen molar-refractivity contribution in [3.63, 3.8) is 0 Å². The molecule has 0 saturated heterocycles. The van der Waals surface area contributed by atoms with Crippen LogP contribution in [0.5, 0.6) is 0 Å². The average Bonchev–Trinajstić information content (AvgIpc) is 2.75. The molecule has 0 saturated carbocycles. The number of carbonyl (C=O) groups is 1. The van der Waals surface area contributed by atoms with Gasteiger partial charge in [0.1, 0.15) is 5.76 Å². The molecule has 0 bridgehead atoms. The van der Waals surface area contributed by atoms with E-state index in [0.29, 0.717) is 13.1 Å². The third-order valence-corrected chi connectivity index (χ3v) is 4.13. The fourth-order valence-electron chi connectivity index (χ4n) is 2.63. The molecule has 1 aliphatic heterocycles. The zero-order chi connectivity index (χ0) is 15.1. The molecule has 1 aromatic heterocycles. The first-order valence-corrected chi connectivity index (χ1v) is 7.04. The molecule has 1 amide bonds. The van der Waals surface area contributed by atoms with E-state index < -0.39 is 0 Å². The lowest BCUT2D eigenvalue weighted by molar-refractivity contribution is -0.117. The molecule has 2 aromatic rings. The van der Waals surface area contributed by atoms with Crippen LogP contribution in [0.25, 0.3) is 0 Å². The Hall–Kier alpha value is -2.30. The lowest BCUT2D eigenvalue weighted by Gasteiger charge is -2.31. The molecule has 2 heterocycles. The summed E-state index contributed by atoms with van der Waals surface area (Å²) in [7, 11) is 0. The van der Waals surface area contributed by atoms with Crippen molar-refractivity contribution >= 4 is 17.3 Å². The SMILES string of the molecule is Cc1cc2c(cc1C)N(Cc1c(C)noc1C)C(=O)CN2. The number of aromatic nitrogens is 1. The summed E-state index contributed by atoms with van der Waals surface area (Å²) in [4.78, 5) is 14.1. The van der Waals surface area contributed by atoms with Crippen molar-refractivity contribution in [3.05, 3.63) is 40.3 Å². The predicted molar refractivity (Wildman–Crippen MR) is 81.6 cm³/mol. The van der Waals surface area contributed by atoms with Crippen molar-refractivity contribution in [2.24, 2.45) is 0 Å². The highest BCUT2D eigenvalue weighted by molar-refractivity contribution is 6.02. The van der Waals surface area contributed by atoms with E-state index in [2.05, 4.69) is 36.5 Å². The molecule has 1 aliphatic rings. The molecule has 1 aromatic carbocycles. The zero-order valence-corrected chi connectivity index (χ0v) is 12.8. The van der Waals surface area contributed by atoms with Gasteiger partial charge in [0.2, 0.25) is 5.91 Å². The highest BCUT2D eigenvalue weighted by atomic mass is 16.5.